The summed E-state index contributed by atoms with van der Waals surface area (Å²) in [7, 11) is 0. The number of hydrogen-bond acceptors (Lipinski definition) is 10. The number of furan rings is 1. The second kappa shape index (κ2) is 12.8. The van der Waals surface area contributed by atoms with Crippen LogP contribution in [-0.2, 0) is 16.1 Å². The van der Waals surface area contributed by atoms with Crippen LogP contribution >= 0.6 is 11.3 Å². The van der Waals surface area contributed by atoms with E-state index in [1.165, 1.54) is 29.4 Å². The normalized spacial score (nSPS) is 14.6. The van der Waals surface area contributed by atoms with Crippen LogP contribution < -0.4 is 14.4 Å². The lowest BCUT2D eigenvalue weighted by atomic mass is 9.95. The first-order chi connectivity index (χ1) is 20.8. The molecule has 1 N–H and O–H groups in total. The van der Waals surface area contributed by atoms with Crippen molar-refractivity contribution in [2.24, 2.45) is 0 Å². The molecule has 1 aliphatic rings. The maximum absolute atomic E-state index is 13.6. The van der Waals surface area contributed by atoms with Gasteiger partial charge in [-0.15, -0.1) is 0 Å². The Morgan fingerprint density at radius 3 is 2.60 bits per heavy atom. The average molecular weight is 601 g/mol. The van der Waals surface area contributed by atoms with Crippen molar-refractivity contribution in [1.82, 2.24) is 4.98 Å². The summed E-state index contributed by atoms with van der Waals surface area (Å²) in [6.07, 6.45) is 2.76. The molecular weight excluding hydrogens is 572 g/mol. The van der Waals surface area contributed by atoms with Crippen molar-refractivity contribution in [2.45, 2.75) is 26.5 Å². The van der Waals surface area contributed by atoms with Crippen molar-refractivity contribution in [2.75, 3.05) is 18.1 Å². The molecule has 1 amide bonds. The fraction of sp³-hybridized carbons (Fsp3) is 0.188. The summed E-state index contributed by atoms with van der Waals surface area (Å²) in [5, 5.41) is 11.2. The number of carbonyl (C=O) groups is 3. The molecular formula is C32H28N2O8S. The molecule has 0 saturated carbocycles. The Morgan fingerprint density at radius 2 is 1.91 bits per heavy atom. The predicted molar refractivity (Wildman–Crippen MR) is 159 cm³/mol. The Balaban J connectivity index is 1.58. The number of aliphatic hydroxyl groups excluding tert-OH is 1. The second-order valence-corrected chi connectivity index (χ2v) is 10.3. The number of ketones is 1. The number of anilines is 1. The molecule has 0 bridgehead atoms. The minimum absolute atomic E-state index is 0.000184. The van der Waals surface area contributed by atoms with Crippen LogP contribution in [0.15, 0.2) is 95.3 Å². The van der Waals surface area contributed by atoms with Gasteiger partial charge in [0.15, 0.2) is 28.1 Å². The molecule has 1 aliphatic heterocycles. The van der Waals surface area contributed by atoms with E-state index in [1.807, 2.05) is 37.3 Å². The van der Waals surface area contributed by atoms with E-state index in [2.05, 4.69) is 11.6 Å². The largest absolute Gasteiger partial charge is 0.503 e. The lowest BCUT2D eigenvalue weighted by molar-refractivity contribution is -0.117. The van der Waals surface area contributed by atoms with E-state index in [0.717, 1.165) is 16.9 Å². The predicted octanol–water partition coefficient (Wildman–Crippen LogP) is 6.15. The highest BCUT2D eigenvalue weighted by molar-refractivity contribution is 7.17. The monoisotopic (exact) mass is 600 g/mol. The molecule has 5 rings (SSSR count). The van der Waals surface area contributed by atoms with Gasteiger partial charge >= 0.3 is 5.97 Å². The van der Waals surface area contributed by atoms with Gasteiger partial charge in [0.2, 0.25) is 5.78 Å². The smallest absolute Gasteiger partial charge is 0.350 e. The van der Waals surface area contributed by atoms with Crippen LogP contribution in [0.5, 0.6) is 11.5 Å². The van der Waals surface area contributed by atoms with Crippen LogP contribution in [-0.4, -0.2) is 41.0 Å². The van der Waals surface area contributed by atoms with Crippen LogP contribution in [0.3, 0.4) is 0 Å². The summed E-state index contributed by atoms with van der Waals surface area (Å²) in [6.45, 7) is 7.58. The third-order valence-corrected chi connectivity index (χ3v) is 7.66. The van der Waals surface area contributed by atoms with Gasteiger partial charge < -0.3 is 23.7 Å². The molecule has 0 aliphatic carbocycles. The van der Waals surface area contributed by atoms with Crippen molar-refractivity contribution < 1.29 is 38.1 Å². The lowest BCUT2D eigenvalue weighted by Crippen LogP contribution is -2.31. The summed E-state index contributed by atoms with van der Waals surface area (Å²) in [5.41, 5.74) is 1.52. The van der Waals surface area contributed by atoms with Crippen molar-refractivity contribution in [3.05, 3.63) is 118 Å². The highest BCUT2D eigenvalue weighted by Gasteiger charge is 2.47. The number of ether oxygens (including phenoxy) is 3. The molecule has 0 radical (unpaired) electrons. The maximum atomic E-state index is 13.6. The van der Waals surface area contributed by atoms with Crippen LogP contribution in [0.25, 0.3) is 0 Å². The standard InChI is InChI=1S/C32H28N2O8S/c1-4-15-41-31(38)29-19(3)33-32(43-29)34-26(25(28(36)30(34)37)27(35)23-12-9-16-40-23)21-13-14-22(24(17-21)39-5-2)42-18-20-10-7-6-8-11-20/h4,6-14,16-17,26,36H,1,5,15,18H2,2-3H3. The number of carbonyl (C=O) groups excluding carboxylic acids is 3. The van der Waals surface area contributed by atoms with E-state index < -0.39 is 29.5 Å². The molecule has 0 spiro atoms. The Labute approximate surface area is 251 Å². The number of aliphatic hydroxyl groups is 1. The molecule has 2 aromatic carbocycles. The minimum Gasteiger partial charge on any atom is -0.503 e. The number of rotatable bonds is 12. The molecule has 1 atom stereocenters. The van der Waals surface area contributed by atoms with Crippen molar-refractivity contribution in [3.8, 4) is 11.5 Å². The summed E-state index contributed by atoms with van der Waals surface area (Å²) in [5.74, 6) is -2.15. The van der Waals surface area contributed by atoms with Crippen LogP contribution in [0, 0.1) is 6.92 Å². The average Bonchev–Trinajstić information content (AvgIpc) is 3.74. The van der Waals surface area contributed by atoms with Gasteiger partial charge in [-0.25, -0.2) is 9.78 Å². The van der Waals surface area contributed by atoms with Gasteiger partial charge in [-0.1, -0.05) is 60.4 Å². The number of amides is 1. The molecule has 1 unspecified atom stereocenters. The maximum Gasteiger partial charge on any atom is 0.350 e. The van der Waals surface area contributed by atoms with E-state index >= 15 is 0 Å². The molecule has 3 heterocycles. The fourth-order valence-corrected chi connectivity index (χ4v) is 5.57. The van der Waals surface area contributed by atoms with Gasteiger partial charge in [0.25, 0.3) is 5.91 Å². The minimum atomic E-state index is -1.13. The second-order valence-electron chi connectivity index (χ2n) is 9.36. The molecule has 0 fully saturated rings. The Bertz CT molecular complexity index is 1690. The van der Waals surface area contributed by atoms with Gasteiger partial charge in [0, 0.05) is 0 Å². The molecule has 11 heteroatoms. The van der Waals surface area contributed by atoms with Gasteiger partial charge in [-0.05, 0) is 49.2 Å². The quantitative estimate of drug-likeness (QED) is 0.116. The molecule has 10 nitrogen and oxygen atoms in total. The summed E-state index contributed by atoms with van der Waals surface area (Å²) < 4.78 is 22.4. The van der Waals surface area contributed by atoms with Crippen LogP contribution in [0.2, 0.25) is 0 Å². The SMILES string of the molecule is C=CCOC(=O)c1sc(N2C(=O)C(O)=C(C(=O)c3ccco3)C2c2ccc(OCc3ccccc3)c(OCC)c2)nc1C. The number of thiazole rings is 1. The van der Waals surface area contributed by atoms with Gasteiger partial charge in [-0.2, -0.15) is 0 Å². The Kier molecular flexibility index (Phi) is 8.72. The number of esters is 1. The molecule has 220 valence electrons. The number of Topliss-reactive ketones (excluding diaryl/α,β-unsaturated/α-hetero) is 1. The topological polar surface area (TPSA) is 128 Å². The highest BCUT2D eigenvalue weighted by atomic mass is 32.1. The van der Waals surface area contributed by atoms with Crippen molar-refractivity contribution >= 4 is 34.1 Å². The zero-order valence-corrected chi connectivity index (χ0v) is 24.3. The number of aromatic nitrogens is 1. The highest BCUT2D eigenvalue weighted by Crippen LogP contribution is 2.45. The van der Waals surface area contributed by atoms with Crippen molar-refractivity contribution in [1.29, 1.82) is 0 Å². The molecule has 0 saturated heterocycles. The van der Waals surface area contributed by atoms with Crippen LogP contribution in [0.4, 0.5) is 5.13 Å². The molecule has 4 aromatic rings. The van der Waals surface area contributed by atoms with Gasteiger partial charge in [-0.3, -0.25) is 14.5 Å². The third-order valence-electron chi connectivity index (χ3n) is 6.53. The third kappa shape index (κ3) is 5.93. The number of aryl methyl sites for hydroxylation is 1. The summed E-state index contributed by atoms with van der Waals surface area (Å²) in [6, 6.07) is 16.5. The van der Waals surface area contributed by atoms with E-state index in [1.54, 1.807) is 25.1 Å². The van der Waals surface area contributed by atoms with Gasteiger partial charge in [0.05, 0.1) is 30.2 Å². The number of nitrogens with zero attached hydrogens (tertiary/aromatic N) is 2. The van der Waals surface area contributed by atoms with E-state index in [9.17, 15) is 19.5 Å². The van der Waals surface area contributed by atoms with Crippen molar-refractivity contribution in [3.63, 3.8) is 0 Å². The molecule has 43 heavy (non-hydrogen) atoms. The van der Waals surface area contributed by atoms with Gasteiger partial charge in [0.1, 0.15) is 18.1 Å². The Morgan fingerprint density at radius 1 is 1.12 bits per heavy atom. The van der Waals surface area contributed by atoms with E-state index in [0.29, 0.717) is 36.0 Å². The van der Waals surface area contributed by atoms with Crippen LogP contribution in [0.1, 0.15) is 50.0 Å². The number of benzene rings is 2. The van der Waals surface area contributed by atoms with E-state index in [-0.39, 0.29) is 27.9 Å². The lowest BCUT2D eigenvalue weighted by Gasteiger charge is -2.25. The summed E-state index contributed by atoms with van der Waals surface area (Å²) >= 11 is 0.911. The number of hydrogen-bond donors (Lipinski definition) is 1. The zero-order chi connectivity index (χ0) is 30.5. The summed E-state index contributed by atoms with van der Waals surface area (Å²) in [4.78, 5) is 45.6. The van der Waals surface area contributed by atoms with E-state index in [4.69, 9.17) is 18.6 Å². The zero-order valence-electron chi connectivity index (χ0n) is 23.4. The first kappa shape index (κ1) is 29.3. The molecule has 2 aromatic heterocycles. The fourth-order valence-electron chi connectivity index (χ4n) is 4.58. The first-order valence-electron chi connectivity index (χ1n) is 13.4. The Hall–Kier alpha value is -5.16. The first-order valence-corrected chi connectivity index (χ1v) is 14.2.